The summed E-state index contributed by atoms with van der Waals surface area (Å²) in [6.45, 7) is 2.16. The van der Waals surface area contributed by atoms with Crippen LogP contribution in [0.2, 0.25) is 0 Å². The van der Waals surface area contributed by atoms with E-state index in [2.05, 4.69) is 26.2 Å². The number of carbonyl (C=O) groups excluding carboxylic acids is 1. The Morgan fingerprint density at radius 2 is 2.04 bits per heavy atom. The Kier molecular flexibility index (Phi) is 3.30. The van der Waals surface area contributed by atoms with Crippen molar-refractivity contribution in [2.24, 2.45) is 0 Å². The van der Waals surface area contributed by atoms with Crippen LogP contribution in [0.3, 0.4) is 0 Å². The Labute approximate surface area is 142 Å². The molecule has 4 rings (SSSR count). The maximum Gasteiger partial charge on any atom is 0.236 e. The highest BCUT2D eigenvalue weighted by molar-refractivity contribution is 9.10. The Balaban J connectivity index is 1.60. The molecule has 0 saturated heterocycles. The van der Waals surface area contributed by atoms with E-state index in [1.807, 2.05) is 31.2 Å². The quantitative estimate of drug-likeness (QED) is 0.892. The first-order valence-corrected chi connectivity index (χ1v) is 8.21. The van der Waals surface area contributed by atoms with Gasteiger partial charge in [-0.3, -0.25) is 4.79 Å². The molecule has 1 aliphatic heterocycles. The van der Waals surface area contributed by atoms with Crippen molar-refractivity contribution in [3.05, 3.63) is 46.1 Å². The number of nitrogens with one attached hydrogen (secondary N) is 1. The normalized spacial score (nSPS) is 17.0. The Hall–Kier alpha value is -2.08. The van der Waals surface area contributed by atoms with Crippen LogP contribution in [0.1, 0.15) is 24.0 Å². The van der Waals surface area contributed by atoms with Crippen LogP contribution in [0, 0.1) is 6.92 Å². The highest BCUT2D eigenvalue weighted by Crippen LogP contribution is 2.51. The smallest absolute Gasteiger partial charge is 0.236 e. The number of aryl methyl sites for hydroxylation is 1. The summed E-state index contributed by atoms with van der Waals surface area (Å²) in [6, 6.07) is 7.66. The van der Waals surface area contributed by atoms with Crippen molar-refractivity contribution in [2.75, 3.05) is 12.1 Å². The summed E-state index contributed by atoms with van der Waals surface area (Å²) in [7, 11) is 0. The molecule has 5 nitrogen and oxygen atoms in total. The van der Waals surface area contributed by atoms with E-state index >= 15 is 0 Å². The summed E-state index contributed by atoms with van der Waals surface area (Å²) in [5, 5.41) is 2.96. The van der Waals surface area contributed by atoms with E-state index in [1.54, 1.807) is 6.20 Å². The van der Waals surface area contributed by atoms with Gasteiger partial charge in [-0.1, -0.05) is 6.07 Å². The highest BCUT2D eigenvalue weighted by atomic mass is 79.9. The lowest BCUT2D eigenvalue weighted by atomic mass is 9.94. The van der Waals surface area contributed by atoms with Gasteiger partial charge in [-0.15, -0.1) is 0 Å². The first-order valence-electron chi connectivity index (χ1n) is 7.42. The van der Waals surface area contributed by atoms with Crippen molar-refractivity contribution >= 4 is 27.7 Å². The van der Waals surface area contributed by atoms with Crippen LogP contribution < -0.4 is 14.8 Å². The van der Waals surface area contributed by atoms with Crippen molar-refractivity contribution in [2.45, 2.75) is 25.2 Å². The Morgan fingerprint density at radius 3 is 2.78 bits per heavy atom. The number of ether oxygens (including phenoxy) is 2. The molecule has 1 N–H and O–H groups in total. The minimum Gasteiger partial charge on any atom is -0.454 e. The number of hydrogen-bond acceptors (Lipinski definition) is 4. The summed E-state index contributed by atoms with van der Waals surface area (Å²) < 4.78 is 11.6. The van der Waals surface area contributed by atoms with Crippen molar-refractivity contribution < 1.29 is 14.3 Å². The van der Waals surface area contributed by atoms with Crippen molar-refractivity contribution in [3.8, 4) is 11.5 Å². The number of fused-ring (bicyclic) bond motifs is 1. The second-order valence-corrected chi connectivity index (χ2v) is 6.84. The van der Waals surface area contributed by atoms with E-state index in [-0.39, 0.29) is 12.7 Å². The number of benzene rings is 1. The molecule has 23 heavy (non-hydrogen) atoms. The number of carbonyl (C=O) groups is 1. The second kappa shape index (κ2) is 5.23. The van der Waals surface area contributed by atoms with Gasteiger partial charge in [0, 0.05) is 10.7 Å². The lowest BCUT2D eigenvalue weighted by molar-refractivity contribution is -0.118. The number of halogens is 1. The number of rotatable bonds is 3. The van der Waals surface area contributed by atoms with Gasteiger partial charge in [0.05, 0.1) is 5.41 Å². The summed E-state index contributed by atoms with van der Waals surface area (Å²) in [5.74, 6) is 2.02. The zero-order valence-corrected chi connectivity index (χ0v) is 14.1. The monoisotopic (exact) mass is 374 g/mol. The Bertz CT molecular complexity index is 802. The van der Waals surface area contributed by atoms with Crippen LogP contribution in [-0.2, 0) is 10.2 Å². The minimum absolute atomic E-state index is 0.0192. The molecule has 1 fully saturated rings. The zero-order valence-electron chi connectivity index (χ0n) is 12.6. The predicted molar refractivity (Wildman–Crippen MR) is 88.8 cm³/mol. The van der Waals surface area contributed by atoms with Crippen LogP contribution in [0.5, 0.6) is 11.5 Å². The van der Waals surface area contributed by atoms with Crippen LogP contribution in [0.15, 0.2) is 34.9 Å². The van der Waals surface area contributed by atoms with Crippen LogP contribution in [0.25, 0.3) is 0 Å². The Morgan fingerprint density at radius 1 is 1.26 bits per heavy atom. The largest absolute Gasteiger partial charge is 0.454 e. The molecular formula is C17H15BrN2O3. The van der Waals surface area contributed by atoms with Crippen LogP contribution >= 0.6 is 15.9 Å². The standard InChI is InChI=1S/C17H15BrN2O3/c1-10-6-12(18)8-19-15(10)20-16(21)17(4-5-17)11-2-3-13-14(7-11)23-9-22-13/h2-3,6-8H,4-5,9H2,1H3,(H,19,20,21). The van der Waals surface area contributed by atoms with Crippen LogP contribution in [0.4, 0.5) is 5.82 Å². The summed E-state index contributed by atoms with van der Waals surface area (Å²) in [4.78, 5) is 17.1. The average Bonchev–Trinajstić information content (AvgIpc) is 3.21. The van der Waals surface area contributed by atoms with Crippen molar-refractivity contribution in [1.82, 2.24) is 4.98 Å². The number of nitrogens with zero attached hydrogens (tertiary/aromatic N) is 1. The fourth-order valence-corrected chi connectivity index (χ4v) is 3.31. The molecule has 1 amide bonds. The zero-order chi connectivity index (χ0) is 16.0. The molecule has 1 saturated carbocycles. The molecule has 2 heterocycles. The van der Waals surface area contributed by atoms with E-state index in [4.69, 9.17) is 9.47 Å². The molecular weight excluding hydrogens is 360 g/mol. The molecule has 0 radical (unpaired) electrons. The van der Waals surface area contributed by atoms with Gasteiger partial charge in [0.25, 0.3) is 0 Å². The third kappa shape index (κ3) is 2.47. The number of hydrogen-bond donors (Lipinski definition) is 1. The number of aromatic nitrogens is 1. The lowest BCUT2D eigenvalue weighted by Gasteiger charge is -2.17. The van der Waals surface area contributed by atoms with Gasteiger partial charge in [-0.25, -0.2) is 4.98 Å². The van der Waals surface area contributed by atoms with Gasteiger partial charge in [-0.2, -0.15) is 0 Å². The fourth-order valence-electron chi connectivity index (χ4n) is 2.86. The fraction of sp³-hybridized carbons (Fsp3) is 0.294. The maximum absolute atomic E-state index is 12.8. The average molecular weight is 375 g/mol. The van der Waals surface area contributed by atoms with Gasteiger partial charge in [-0.05, 0) is 65.0 Å². The van der Waals surface area contributed by atoms with E-state index in [0.717, 1.165) is 34.2 Å². The third-order valence-electron chi connectivity index (χ3n) is 4.39. The number of amides is 1. The maximum atomic E-state index is 12.8. The first-order chi connectivity index (χ1) is 11.1. The van der Waals surface area contributed by atoms with Crippen LogP contribution in [-0.4, -0.2) is 17.7 Å². The van der Waals surface area contributed by atoms with Gasteiger partial charge in [0.2, 0.25) is 12.7 Å². The topological polar surface area (TPSA) is 60.5 Å². The molecule has 1 aromatic carbocycles. The third-order valence-corrected chi connectivity index (χ3v) is 4.82. The summed E-state index contributed by atoms with van der Waals surface area (Å²) >= 11 is 3.38. The minimum atomic E-state index is -0.484. The molecule has 0 spiro atoms. The van der Waals surface area contributed by atoms with Gasteiger partial charge in [0.1, 0.15) is 5.82 Å². The summed E-state index contributed by atoms with van der Waals surface area (Å²) in [5.41, 5.74) is 1.41. The van der Waals surface area contributed by atoms with Crippen molar-refractivity contribution in [3.63, 3.8) is 0 Å². The second-order valence-electron chi connectivity index (χ2n) is 5.92. The lowest BCUT2D eigenvalue weighted by Crippen LogP contribution is -2.28. The molecule has 2 aliphatic rings. The number of anilines is 1. The van der Waals surface area contributed by atoms with E-state index in [0.29, 0.717) is 11.6 Å². The molecule has 1 aliphatic carbocycles. The van der Waals surface area contributed by atoms with Gasteiger partial charge < -0.3 is 14.8 Å². The molecule has 2 aromatic rings. The van der Waals surface area contributed by atoms with Gasteiger partial charge >= 0.3 is 0 Å². The molecule has 0 bridgehead atoms. The highest BCUT2D eigenvalue weighted by Gasteiger charge is 2.51. The van der Waals surface area contributed by atoms with Crippen molar-refractivity contribution in [1.29, 1.82) is 0 Å². The predicted octanol–water partition coefficient (Wildman–Crippen LogP) is 3.55. The SMILES string of the molecule is Cc1cc(Br)cnc1NC(=O)C1(c2ccc3c(c2)OCO3)CC1. The molecule has 0 unspecified atom stereocenters. The van der Waals surface area contributed by atoms with E-state index in [9.17, 15) is 4.79 Å². The number of pyridine rings is 1. The molecule has 6 heteroatoms. The van der Waals surface area contributed by atoms with Gasteiger partial charge in [0.15, 0.2) is 11.5 Å². The first kappa shape index (κ1) is 14.5. The van der Waals surface area contributed by atoms with E-state index in [1.165, 1.54) is 0 Å². The molecule has 1 aromatic heterocycles. The summed E-state index contributed by atoms with van der Waals surface area (Å²) in [6.07, 6.45) is 3.34. The van der Waals surface area contributed by atoms with E-state index < -0.39 is 5.41 Å². The molecule has 0 atom stereocenters. The molecule has 118 valence electrons.